The van der Waals surface area contributed by atoms with Crippen molar-refractivity contribution in [1.29, 1.82) is 0 Å². The van der Waals surface area contributed by atoms with Gasteiger partial charge in [-0.05, 0) is 23.8 Å². The fourth-order valence-electron chi connectivity index (χ4n) is 1.47. The number of thiazole rings is 1. The molecule has 0 aliphatic heterocycles. The monoisotopic (exact) mass is 330 g/mol. The van der Waals surface area contributed by atoms with E-state index in [1.165, 1.54) is 0 Å². The molecule has 2 rings (SSSR count). The Morgan fingerprint density at radius 3 is 3.06 bits per heavy atom. The van der Waals surface area contributed by atoms with Crippen molar-refractivity contribution in [3.63, 3.8) is 0 Å². The minimum atomic E-state index is 0.781. The third-order valence-electron chi connectivity index (χ3n) is 2.32. The van der Waals surface area contributed by atoms with Crippen LogP contribution in [-0.2, 0) is 13.0 Å². The maximum atomic E-state index is 6.10. The molecule has 0 saturated carbocycles. The Morgan fingerprint density at radius 2 is 2.29 bits per heavy atom. The van der Waals surface area contributed by atoms with E-state index in [0.717, 1.165) is 39.6 Å². The molecule has 0 bridgehead atoms. The zero-order valence-corrected chi connectivity index (χ0v) is 12.3. The van der Waals surface area contributed by atoms with Gasteiger partial charge in [0, 0.05) is 40.6 Å². The Morgan fingerprint density at radius 1 is 1.41 bits per heavy atom. The van der Waals surface area contributed by atoms with Gasteiger partial charge in [0.2, 0.25) is 0 Å². The van der Waals surface area contributed by atoms with Gasteiger partial charge in [0.15, 0.2) is 0 Å². The SMILES string of the molecule is Clc1ccc(Br)cc1CNCCc1nccs1. The van der Waals surface area contributed by atoms with Gasteiger partial charge in [-0.25, -0.2) is 4.98 Å². The number of nitrogens with zero attached hydrogens (tertiary/aromatic N) is 1. The Kier molecular flexibility index (Phi) is 4.98. The highest BCUT2D eigenvalue weighted by molar-refractivity contribution is 9.10. The summed E-state index contributed by atoms with van der Waals surface area (Å²) in [5, 5.41) is 7.34. The molecule has 0 radical (unpaired) electrons. The molecule has 1 aromatic heterocycles. The average molecular weight is 332 g/mol. The molecule has 90 valence electrons. The highest BCUT2D eigenvalue weighted by atomic mass is 79.9. The molecule has 0 spiro atoms. The third-order valence-corrected chi connectivity index (χ3v) is 4.02. The first-order valence-corrected chi connectivity index (χ1v) is 7.34. The second-order valence-electron chi connectivity index (χ2n) is 3.59. The number of nitrogens with one attached hydrogen (secondary N) is 1. The first-order valence-electron chi connectivity index (χ1n) is 5.29. The Bertz CT molecular complexity index is 473. The second-order valence-corrected chi connectivity index (χ2v) is 5.89. The van der Waals surface area contributed by atoms with E-state index in [2.05, 4.69) is 26.2 Å². The van der Waals surface area contributed by atoms with E-state index in [9.17, 15) is 0 Å². The van der Waals surface area contributed by atoms with Crippen molar-refractivity contribution in [2.45, 2.75) is 13.0 Å². The molecule has 5 heteroatoms. The molecular formula is C12H12BrClN2S. The summed E-state index contributed by atoms with van der Waals surface area (Å²) in [5.41, 5.74) is 1.11. The molecule has 0 saturated heterocycles. The maximum absolute atomic E-state index is 6.10. The number of hydrogen-bond acceptors (Lipinski definition) is 3. The summed E-state index contributed by atoms with van der Waals surface area (Å²) < 4.78 is 1.05. The number of hydrogen-bond donors (Lipinski definition) is 1. The van der Waals surface area contributed by atoms with Crippen LogP contribution in [-0.4, -0.2) is 11.5 Å². The highest BCUT2D eigenvalue weighted by Gasteiger charge is 2.01. The summed E-state index contributed by atoms with van der Waals surface area (Å²) in [4.78, 5) is 4.24. The van der Waals surface area contributed by atoms with Gasteiger partial charge in [0.1, 0.15) is 0 Å². The van der Waals surface area contributed by atoms with Crippen molar-refractivity contribution in [3.8, 4) is 0 Å². The lowest BCUT2D eigenvalue weighted by molar-refractivity contribution is 0.685. The summed E-state index contributed by atoms with van der Waals surface area (Å²) in [6, 6.07) is 5.89. The van der Waals surface area contributed by atoms with Gasteiger partial charge >= 0.3 is 0 Å². The van der Waals surface area contributed by atoms with Gasteiger partial charge in [-0.2, -0.15) is 0 Å². The van der Waals surface area contributed by atoms with Crippen molar-refractivity contribution >= 4 is 38.9 Å². The van der Waals surface area contributed by atoms with Crippen LogP contribution in [0.4, 0.5) is 0 Å². The van der Waals surface area contributed by atoms with Crippen molar-refractivity contribution in [1.82, 2.24) is 10.3 Å². The smallest absolute Gasteiger partial charge is 0.0937 e. The molecule has 0 unspecified atom stereocenters. The van der Waals surface area contributed by atoms with Gasteiger partial charge in [-0.15, -0.1) is 11.3 Å². The zero-order chi connectivity index (χ0) is 12.1. The van der Waals surface area contributed by atoms with E-state index in [4.69, 9.17) is 11.6 Å². The molecule has 1 heterocycles. The predicted molar refractivity (Wildman–Crippen MR) is 76.7 cm³/mol. The quantitative estimate of drug-likeness (QED) is 0.841. The minimum Gasteiger partial charge on any atom is -0.312 e. The van der Waals surface area contributed by atoms with Crippen LogP contribution in [0.2, 0.25) is 5.02 Å². The minimum absolute atomic E-state index is 0.781. The maximum Gasteiger partial charge on any atom is 0.0937 e. The Balaban J connectivity index is 1.80. The lowest BCUT2D eigenvalue weighted by atomic mass is 10.2. The fraction of sp³-hybridized carbons (Fsp3) is 0.250. The van der Waals surface area contributed by atoms with Gasteiger partial charge in [-0.1, -0.05) is 27.5 Å². The molecule has 1 N–H and O–H groups in total. The van der Waals surface area contributed by atoms with Crippen LogP contribution in [0.3, 0.4) is 0 Å². The van der Waals surface area contributed by atoms with E-state index in [-0.39, 0.29) is 0 Å². The number of aromatic nitrogens is 1. The summed E-state index contributed by atoms with van der Waals surface area (Å²) in [5.74, 6) is 0. The number of halogens is 2. The van der Waals surface area contributed by atoms with E-state index in [1.54, 1.807) is 11.3 Å². The predicted octanol–water partition coefficient (Wildman–Crippen LogP) is 3.89. The summed E-state index contributed by atoms with van der Waals surface area (Å²) in [7, 11) is 0. The third kappa shape index (κ3) is 4.07. The van der Waals surface area contributed by atoms with Crippen molar-refractivity contribution in [3.05, 3.63) is 49.8 Å². The van der Waals surface area contributed by atoms with Crippen LogP contribution in [0.5, 0.6) is 0 Å². The van der Waals surface area contributed by atoms with Gasteiger partial charge in [0.25, 0.3) is 0 Å². The topological polar surface area (TPSA) is 24.9 Å². The van der Waals surface area contributed by atoms with Gasteiger partial charge < -0.3 is 5.32 Å². The van der Waals surface area contributed by atoms with Crippen LogP contribution in [0.25, 0.3) is 0 Å². The van der Waals surface area contributed by atoms with E-state index < -0.39 is 0 Å². The van der Waals surface area contributed by atoms with Crippen LogP contribution >= 0.6 is 38.9 Å². The molecule has 2 nitrogen and oxygen atoms in total. The fourth-order valence-corrected chi connectivity index (χ4v) is 2.69. The number of rotatable bonds is 5. The first-order chi connectivity index (χ1) is 8.25. The molecule has 0 aliphatic carbocycles. The molecular weight excluding hydrogens is 320 g/mol. The Hall–Kier alpha value is -0.420. The lowest BCUT2D eigenvalue weighted by Crippen LogP contribution is -2.16. The summed E-state index contributed by atoms with van der Waals surface area (Å²) in [6.07, 6.45) is 2.80. The molecule has 2 aromatic rings. The van der Waals surface area contributed by atoms with E-state index in [0.29, 0.717) is 0 Å². The van der Waals surface area contributed by atoms with Crippen LogP contribution in [0, 0.1) is 0 Å². The second kappa shape index (κ2) is 6.50. The zero-order valence-electron chi connectivity index (χ0n) is 9.12. The van der Waals surface area contributed by atoms with Crippen molar-refractivity contribution < 1.29 is 0 Å². The van der Waals surface area contributed by atoms with Crippen LogP contribution < -0.4 is 5.32 Å². The van der Waals surface area contributed by atoms with Gasteiger partial charge in [0.05, 0.1) is 5.01 Å². The van der Waals surface area contributed by atoms with Crippen molar-refractivity contribution in [2.24, 2.45) is 0 Å². The lowest BCUT2D eigenvalue weighted by Gasteiger charge is -2.06. The van der Waals surface area contributed by atoms with E-state index >= 15 is 0 Å². The largest absolute Gasteiger partial charge is 0.312 e. The molecule has 1 aromatic carbocycles. The summed E-state index contributed by atoms with van der Waals surface area (Å²) in [6.45, 7) is 1.69. The van der Waals surface area contributed by atoms with E-state index in [1.807, 2.05) is 29.8 Å². The average Bonchev–Trinajstić information content (AvgIpc) is 2.82. The molecule has 17 heavy (non-hydrogen) atoms. The molecule has 0 amide bonds. The number of benzene rings is 1. The molecule has 0 fully saturated rings. The highest BCUT2D eigenvalue weighted by Crippen LogP contribution is 2.20. The standard InChI is InChI=1S/C12H12BrClN2S/c13-10-1-2-11(14)9(7-10)8-15-4-3-12-16-5-6-17-12/h1-2,5-7,15H,3-4,8H2. The summed E-state index contributed by atoms with van der Waals surface area (Å²) >= 11 is 11.2. The molecule has 0 aliphatic rings. The van der Waals surface area contributed by atoms with Crippen LogP contribution in [0.1, 0.15) is 10.6 Å². The molecule has 0 atom stereocenters. The normalized spacial score (nSPS) is 10.7. The first kappa shape index (κ1) is 13.0. The van der Waals surface area contributed by atoms with Crippen LogP contribution in [0.15, 0.2) is 34.2 Å². The Labute approximate surface area is 118 Å². The van der Waals surface area contributed by atoms with Crippen molar-refractivity contribution in [2.75, 3.05) is 6.54 Å². The van der Waals surface area contributed by atoms with Gasteiger partial charge in [-0.3, -0.25) is 0 Å².